The van der Waals surface area contributed by atoms with Crippen LogP contribution in [0.25, 0.3) is 0 Å². The summed E-state index contributed by atoms with van der Waals surface area (Å²) in [6, 6.07) is 5.61. The van der Waals surface area contributed by atoms with Crippen LogP contribution in [0.5, 0.6) is 0 Å². The summed E-state index contributed by atoms with van der Waals surface area (Å²) in [5, 5.41) is 4.08. The van der Waals surface area contributed by atoms with Crippen LogP contribution in [0.1, 0.15) is 44.2 Å². The molecule has 1 amide bonds. The van der Waals surface area contributed by atoms with Crippen LogP contribution in [0.2, 0.25) is 10.0 Å². The molecule has 1 saturated carbocycles. The second-order valence-corrected chi connectivity index (χ2v) is 6.33. The van der Waals surface area contributed by atoms with Crippen molar-refractivity contribution in [2.24, 2.45) is 11.7 Å². The van der Waals surface area contributed by atoms with Crippen molar-refractivity contribution < 1.29 is 4.79 Å². The first-order valence-electron chi connectivity index (χ1n) is 6.98. The Morgan fingerprint density at radius 3 is 2.50 bits per heavy atom. The number of carbonyl (C=O) groups is 1. The Labute approximate surface area is 129 Å². The predicted molar refractivity (Wildman–Crippen MR) is 83.0 cm³/mol. The second-order valence-electron chi connectivity index (χ2n) is 5.52. The largest absolute Gasteiger partial charge is 0.349 e. The van der Waals surface area contributed by atoms with Gasteiger partial charge in [-0.25, -0.2) is 0 Å². The molecule has 1 atom stereocenters. The molecular formula is C15H20Cl2N2O. The first-order valence-corrected chi connectivity index (χ1v) is 7.74. The average molecular weight is 315 g/mol. The molecule has 0 saturated heterocycles. The number of halogens is 2. The molecule has 0 spiro atoms. The van der Waals surface area contributed by atoms with Crippen molar-refractivity contribution in [1.29, 1.82) is 0 Å². The van der Waals surface area contributed by atoms with Gasteiger partial charge in [-0.2, -0.15) is 0 Å². The summed E-state index contributed by atoms with van der Waals surface area (Å²) in [6.07, 6.45) is 3.61. The van der Waals surface area contributed by atoms with E-state index in [1.807, 2.05) is 13.0 Å². The quantitative estimate of drug-likeness (QED) is 0.894. The lowest BCUT2D eigenvalue weighted by Crippen LogP contribution is -2.37. The van der Waals surface area contributed by atoms with Crippen LogP contribution < -0.4 is 11.1 Å². The lowest BCUT2D eigenvalue weighted by Gasteiger charge is -2.26. The molecule has 1 aliphatic carbocycles. The van der Waals surface area contributed by atoms with Gasteiger partial charge in [0.1, 0.15) is 0 Å². The molecule has 3 N–H and O–H groups in total. The average Bonchev–Trinajstić information content (AvgIpc) is 2.42. The van der Waals surface area contributed by atoms with Crippen molar-refractivity contribution in [3.05, 3.63) is 33.8 Å². The molecule has 0 aliphatic heterocycles. The fraction of sp³-hybridized carbons (Fsp3) is 0.533. The minimum absolute atomic E-state index is 0.0760. The number of carbonyl (C=O) groups excluding carboxylic acids is 1. The molecule has 0 bridgehead atoms. The van der Waals surface area contributed by atoms with E-state index in [1.54, 1.807) is 12.1 Å². The zero-order chi connectivity index (χ0) is 14.7. The van der Waals surface area contributed by atoms with Gasteiger partial charge in [-0.1, -0.05) is 29.3 Å². The minimum Gasteiger partial charge on any atom is -0.349 e. The second kappa shape index (κ2) is 6.79. The number of rotatable bonds is 3. The molecular weight excluding hydrogens is 295 g/mol. The highest BCUT2D eigenvalue weighted by Crippen LogP contribution is 2.27. The lowest BCUT2D eigenvalue weighted by atomic mass is 9.85. The van der Waals surface area contributed by atoms with E-state index >= 15 is 0 Å². The Bertz CT molecular complexity index is 485. The number of hydrogen-bond acceptors (Lipinski definition) is 2. The van der Waals surface area contributed by atoms with Crippen molar-refractivity contribution in [2.45, 2.75) is 44.7 Å². The van der Waals surface area contributed by atoms with E-state index in [1.165, 1.54) is 0 Å². The summed E-state index contributed by atoms with van der Waals surface area (Å²) in [4.78, 5) is 12.2. The minimum atomic E-state index is -0.0760. The van der Waals surface area contributed by atoms with Crippen LogP contribution in [-0.4, -0.2) is 11.9 Å². The van der Waals surface area contributed by atoms with Crippen LogP contribution >= 0.6 is 23.2 Å². The third-order valence-corrected chi connectivity index (χ3v) is 4.68. The van der Waals surface area contributed by atoms with Crippen LogP contribution in [0.4, 0.5) is 0 Å². The van der Waals surface area contributed by atoms with E-state index in [0.29, 0.717) is 10.0 Å². The molecule has 5 heteroatoms. The molecule has 1 aliphatic rings. The fourth-order valence-corrected chi connectivity index (χ4v) is 2.88. The summed E-state index contributed by atoms with van der Waals surface area (Å²) >= 11 is 11.9. The summed E-state index contributed by atoms with van der Waals surface area (Å²) in [5.41, 5.74) is 6.82. The van der Waals surface area contributed by atoms with Crippen molar-refractivity contribution in [1.82, 2.24) is 5.32 Å². The maximum atomic E-state index is 12.2. The molecule has 2 rings (SSSR count). The number of nitrogens with two attached hydrogens (primary N) is 1. The zero-order valence-corrected chi connectivity index (χ0v) is 13.0. The Hall–Kier alpha value is -0.770. The van der Waals surface area contributed by atoms with Gasteiger partial charge in [-0.05, 0) is 50.3 Å². The SMILES string of the molecule is CC(NC(=O)C1CCC(N)CC1)c1ccc(Cl)c(Cl)c1. The summed E-state index contributed by atoms with van der Waals surface area (Å²) in [5.74, 6) is 0.190. The van der Waals surface area contributed by atoms with E-state index in [2.05, 4.69) is 5.32 Å². The van der Waals surface area contributed by atoms with Gasteiger partial charge in [-0.15, -0.1) is 0 Å². The molecule has 0 radical (unpaired) electrons. The van der Waals surface area contributed by atoms with Gasteiger partial charge in [-0.3, -0.25) is 4.79 Å². The number of benzene rings is 1. The Kier molecular flexibility index (Phi) is 5.30. The van der Waals surface area contributed by atoms with Crippen molar-refractivity contribution in [2.75, 3.05) is 0 Å². The van der Waals surface area contributed by atoms with Gasteiger partial charge in [0.05, 0.1) is 16.1 Å². The molecule has 0 heterocycles. The van der Waals surface area contributed by atoms with Crippen molar-refractivity contribution in [3.63, 3.8) is 0 Å². The van der Waals surface area contributed by atoms with Gasteiger partial charge >= 0.3 is 0 Å². The van der Waals surface area contributed by atoms with Crippen LogP contribution in [0.3, 0.4) is 0 Å². The molecule has 0 aromatic heterocycles. The van der Waals surface area contributed by atoms with Crippen molar-refractivity contribution >= 4 is 29.1 Å². The molecule has 1 fully saturated rings. The summed E-state index contributed by atoms with van der Waals surface area (Å²) in [6.45, 7) is 1.95. The maximum absolute atomic E-state index is 12.2. The predicted octanol–water partition coefficient (Wildman–Crippen LogP) is 3.69. The smallest absolute Gasteiger partial charge is 0.223 e. The van der Waals surface area contributed by atoms with E-state index in [-0.39, 0.29) is 23.9 Å². The highest BCUT2D eigenvalue weighted by Gasteiger charge is 2.25. The van der Waals surface area contributed by atoms with Crippen LogP contribution in [-0.2, 0) is 4.79 Å². The lowest BCUT2D eigenvalue weighted by molar-refractivity contribution is -0.126. The molecule has 1 aromatic rings. The first-order chi connectivity index (χ1) is 9.47. The molecule has 110 valence electrons. The van der Waals surface area contributed by atoms with Gasteiger partial charge in [0.15, 0.2) is 0 Å². The fourth-order valence-electron chi connectivity index (χ4n) is 2.58. The van der Waals surface area contributed by atoms with E-state index in [4.69, 9.17) is 28.9 Å². The highest BCUT2D eigenvalue weighted by molar-refractivity contribution is 6.42. The number of hydrogen-bond donors (Lipinski definition) is 2. The van der Waals surface area contributed by atoms with Crippen LogP contribution in [0.15, 0.2) is 18.2 Å². The maximum Gasteiger partial charge on any atom is 0.223 e. The Morgan fingerprint density at radius 1 is 1.25 bits per heavy atom. The molecule has 1 aromatic carbocycles. The van der Waals surface area contributed by atoms with Crippen molar-refractivity contribution in [3.8, 4) is 0 Å². The monoisotopic (exact) mass is 314 g/mol. The van der Waals surface area contributed by atoms with Gasteiger partial charge in [0, 0.05) is 12.0 Å². The standard InChI is InChI=1S/C15H20Cl2N2O/c1-9(11-4-7-13(16)14(17)8-11)19-15(20)10-2-5-12(18)6-3-10/h4,7-10,12H,2-3,5-6,18H2,1H3,(H,19,20). The van der Waals surface area contributed by atoms with E-state index < -0.39 is 0 Å². The van der Waals surface area contributed by atoms with E-state index in [9.17, 15) is 4.79 Å². The summed E-state index contributed by atoms with van der Waals surface area (Å²) < 4.78 is 0. The topological polar surface area (TPSA) is 55.1 Å². The van der Waals surface area contributed by atoms with Gasteiger partial charge < -0.3 is 11.1 Å². The highest BCUT2D eigenvalue weighted by atomic mass is 35.5. The third kappa shape index (κ3) is 3.87. The van der Waals surface area contributed by atoms with Crippen LogP contribution in [0, 0.1) is 5.92 Å². The van der Waals surface area contributed by atoms with Gasteiger partial charge in [0.2, 0.25) is 5.91 Å². The van der Waals surface area contributed by atoms with E-state index in [0.717, 1.165) is 31.2 Å². The number of nitrogens with one attached hydrogen (secondary N) is 1. The Balaban J connectivity index is 1.95. The normalized spacial score (nSPS) is 24.2. The third-order valence-electron chi connectivity index (χ3n) is 3.95. The summed E-state index contributed by atoms with van der Waals surface area (Å²) in [7, 11) is 0. The number of amides is 1. The Morgan fingerprint density at radius 2 is 1.90 bits per heavy atom. The van der Waals surface area contributed by atoms with Gasteiger partial charge in [0.25, 0.3) is 0 Å². The molecule has 20 heavy (non-hydrogen) atoms. The molecule has 1 unspecified atom stereocenters. The zero-order valence-electron chi connectivity index (χ0n) is 11.5. The first kappa shape index (κ1) is 15.6. The molecule has 3 nitrogen and oxygen atoms in total.